The van der Waals surface area contributed by atoms with E-state index in [-0.39, 0.29) is 0 Å². The predicted molar refractivity (Wildman–Crippen MR) is 82.4 cm³/mol. The van der Waals surface area contributed by atoms with Crippen LogP contribution in [0, 0.1) is 0 Å². The number of thioether (sulfide) groups is 1. The van der Waals surface area contributed by atoms with Crippen LogP contribution >= 0.6 is 23.1 Å². The van der Waals surface area contributed by atoms with Crippen LogP contribution in [-0.4, -0.2) is 16.8 Å². The van der Waals surface area contributed by atoms with Crippen LogP contribution in [0.25, 0.3) is 0 Å². The van der Waals surface area contributed by atoms with Crippen molar-refractivity contribution in [1.82, 2.24) is 10.3 Å². The summed E-state index contributed by atoms with van der Waals surface area (Å²) in [6.45, 7) is 5.39. The molecule has 1 aliphatic carbocycles. The summed E-state index contributed by atoms with van der Waals surface area (Å²) < 4.78 is 0. The molecule has 1 saturated carbocycles. The van der Waals surface area contributed by atoms with Crippen LogP contribution in [0.15, 0.2) is 6.20 Å². The number of thiazole rings is 1. The fraction of sp³-hybridized carbons (Fsp3) is 0.786. The Balaban J connectivity index is 1.79. The van der Waals surface area contributed by atoms with Crippen molar-refractivity contribution in [3.63, 3.8) is 0 Å². The third kappa shape index (κ3) is 4.25. The van der Waals surface area contributed by atoms with Gasteiger partial charge in [0, 0.05) is 28.1 Å². The Labute approximate surface area is 119 Å². The molecule has 0 radical (unpaired) electrons. The second-order valence-corrected chi connectivity index (χ2v) is 7.44. The highest BCUT2D eigenvalue weighted by molar-refractivity contribution is 7.99. The van der Waals surface area contributed by atoms with Crippen molar-refractivity contribution in [3.8, 4) is 0 Å². The van der Waals surface area contributed by atoms with Gasteiger partial charge in [-0.05, 0) is 26.3 Å². The highest BCUT2D eigenvalue weighted by Crippen LogP contribution is 2.32. The molecular formula is C14H24N2S2. The minimum Gasteiger partial charge on any atom is -0.310 e. The van der Waals surface area contributed by atoms with E-state index in [4.69, 9.17) is 0 Å². The van der Waals surface area contributed by atoms with Gasteiger partial charge < -0.3 is 5.32 Å². The summed E-state index contributed by atoms with van der Waals surface area (Å²) in [5.74, 6) is 1.11. The molecule has 1 unspecified atom stereocenters. The lowest BCUT2D eigenvalue weighted by molar-refractivity contribution is 0.516. The van der Waals surface area contributed by atoms with Gasteiger partial charge in [-0.3, -0.25) is 0 Å². The zero-order valence-electron chi connectivity index (χ0n) is 11.4. The van der Waals surface area contributed by atoms with Gasteiger partial charge in [-0.25, -0.2) is 4.98 Å². The highest BCUT2D eigenvalue weighted by atomic mass is 32.2. The largest absolute Gasteiger partial charge is 0.310 e. The first-order chi connectivity index (χ1) is 8.79. The van der Waals surface area contributed by atoms with Gasteiger partial charge in [-0.2, -0.15) is 11.8 Å². The minimum atomic E-state index is 0.445. The molecule has 18 heavy (non-hydrogen) atoms. The average Bonchev–Trinajstić information content (AvgIpc) is 2.87. The molecule has 0 saturated heterocycles. The van der Waals surface area contributed by atoms with E-state index in [9.17, 15) is 0 Å². The van der Waals surface area contributed by atoms with Crippen LogP contribution in [0.3, 0.4) is 0 Å². The van der Waals surface area contributed by atoms with E-state index in [2.05, 4.69) is 42.1 Å². The van der Waals surface area contributed by atoms with Crippen molar-refractivity contribution in [2.24, 2.45) is 0 Å². The minimum absolute atomic E-state index is 0.445. The molecule has 0 bridgehead atoms. The fourth-order valence-corrected chi connectivity index (χ4v) is 4.72. The van der Waals surface area contributed by atoms with Gasteiger partial charge in [0.1, 0.15) is 5.01 Å². The van der Waals surface area contributed by atoms with E-state index in [1.165, 1.54) is 42.0 Å². The summed E-state index contributed by atoms with van der Waals surface area (Å²) in [5, 5.41) is 5.63. The van der Waals surface area contributed by atoms with E-state index in [1.807, 2.05) is 11.3 Å². The van der Waals surface area contributed by atoms with E-state index >= 15 is 0 Å². The van der Waals surface area contributed by atoms with Gasteiger partial charge in [0.25, 0.3) is 0 Å². The lowest BCUT2D eigenvalue weighted by Crippen LogP contribution is -2.16. The summed E-state index contributed by atoms with van der Waals surface area (Å²) in [7, 11) is 0. The van der Waals surface area contributed by atoms with Gasteiger partial charge in [-0.15, -0.1) is 11.3 Å². The normalized spacial score (nSPS) is 19.0. The smallest absolute Gasteiger partial charge is 0.103 e. The molecule has 4 heteroatoms. The van der Waals surface area contributed by atoms with Crippen LogP contribution in [-0.2, 0) is 5.75 Å². The monoisotopic (exact) mass is 284 g/mol. The molecule has 0 aromatic carbocycles. The van der Waals surface area contributed by atoms with Crippen LogP contribution in [0.2, 0.25) is 0 Å². The number of rotatable bonds is 6. The van der Waals surface area contributed by atoms with Crippen molar-refractivity contribution in [1.29, 1.82) is 0 Å². The summed E-state index contributed by atoms with van der Waals surface area (Å²) in [4.78, 5) is 5.93. The van der Waals surface area contributed by atoms with E-state index in [0.29, 0.717) is 6.04 Å². The Bertz CT molecular complexity index is 345. The second-order valence-electron chi connectivity index (χ2n) is 5.01. The molecule has 2 nitrogen and oxygen atoms in total. The van der Waals surface area contributed by atoms with Crippen molar-refractivity contribution in [2.45, 2.75) is 63.0 Å². The SMILES string of the molecule is CCNC(C)c1cnc(CSC2CCCCC2)s1. The second kappa shape index (κ2) is 7.51. The highest BCUT2D eigenvalue weighted by Gasteiger charge is 2.15. The third-order valence-electron chi connectivity index (χ3n) is 3.50. The predicted octanol–water partition coefficient (Wildman–Crippen LogP) is 4.38. The summed E-state index contributed by atoms with van der Waals surface area (Å²) in [5.41, 5.74) is 0. The molecule has 0 amide bonds. The van der Waals surface area contributed by atoms with Crippen LogP contribution in [0.1, 0.15) is 61.9 Å². The van der Waals surface area contributed by atoms with Crippen LogP contribution < -0.4 is 5.32 Å². The third-order valence-corrected chi connectivity index (χ3v) is 6.25. The first-order valence-corrected chi connectivity index (χ1v) is 8.95. The maximum absolute atomic E-state index is 4.56. The van der Waals surface area contributed by atoms with Gasteiger partial charge in [0.2, 0.25) is 0 Å². The zero-order chi connectivity index (χ0) is 12.8. The van der Waals surface area contributed by atoms with Crippen molar-refractivity contribution >= 4 is 23.1 Å². The molecular weight excluding hydrogens is 260 g/mol. The molecule has 1 aromatic heterocycles. The molecule has 1 atom stereocenters. The van der Waals surface area contributed by atoms with Crippen LogP contribution in [0.5, 0.6) is 0 Å². The lowest BCUT2D eigenvalue weighted by atomic mass is 10.0. The van der Waals surface area contributed by atoms with E-state index in [1.54, 1.807) is 0 Å². The van der Waals surface area contributed by atoms with Gasteiger partial charge >= 0.3 is 0 Å². The van der Waals surface area contributed by atoms with E-state index in [0.717, 1.165) is 17.5 Å². The summed E-state index contributed by atoms with van der Waals surface area (Å²) in [6.07, 6.45) is 9.18. The number of nitrogens with one attached hydrogen (secondary N) is 1. The Morgan fingerprint density at radius 1 is 1.44 bits per heavy atom. The van der Waals surface area contributed by atoms with Gasteiger partial charge in [0.15, 0.2) is 0 Å². The Hall–Kier alpha value is -0.0600. The van der Waals surface area contributed by atoms with E-state index < -0.39 is 0 Å². The van der Waals surface area contributed by atoms with Gasteiger partial charge in [0.05, 0.1) is 0 Å². The molecule has 1 aliphatic rings. The molecule has 1 aromatic rings. The summed E-state index contributed by atoms with van der Waals surface area (Å²) >= 11 is 3.99. The fourth-order valence-electron chi connectivity index (χ4n) is 2.42. The number of hydrogen-bond donors (Lipinski definition) is 1. The molecule has 102 valence electrons. The first-order valence-electron chi connectivity index (χ1n) is 7.09. The van der Waals surface area contributed by atoms with Crippen molar-refractivity contribution in [3.05, 3.63) is 16.1 Å². The topological polar surface area (TPSA) is 24.9 Å². The number of aromatic nitrogens is 1. The standard InChI is InChI=1S/C14H24N2S2/c1-3-15-11(2)13-9-16-14(18-13)10-17-12-7-5-4-6-8-12/h9,11-12,15H,3-8,10H2,1-2H3. The maximum atomic E-state index is 4.56. The molecule has 2 rings (SSSR count). The number of hydrogen-bond acceptors (Lipinski definition) is 4. The lowest BCUT2D eigenvalue weighted by Gasteiger charge is -2.20. The Morgan fingerprint density at radius 3 is 2.94 bits per heavy atom. The quantitative estimate of drug-likeness (QED) is 0.839. The summed E-state index contributed by atoms with van der Waals surface area (Å²) in [6, 6.07) is 0.445. The molecule has 1 N–H and O–H groups in total. The Morgan fingerprint density at radius 2 is 2.22 bits per heavy atom. The average molecular weight is 284 g/mol. The maximum Gasteiger partial charge on any atom is 0.103 e. The van der Waals surface area contributed by atoms with Crippen LogP contribution in [0.4, 0.5) is 0 Å². The van der Waals surface area contributed by atoms with Gasteiger partial charge in [-0.1, -0.05) is 26.2 Å². The molecule has 1 heterocycles. The molecule has 0 aliphatic heterocycles. The van der Waals surface area contributed by atoms with Crippen molar-refractivity contribution < 1.29 is 0 Å². The first kappa shape index (κ1) is 14.4. The Kier molecular flexibility index (Phi) is 5.99. The zero-order valence-corrected chi connectivity index (χ0v) is 13.1. The van der Waals surface area contributed by atoms with Crippen molar-refractivity contribution in [2.75, 3.05) is 6.54 Å². The number of nitrogens with zero attached hydrogens (tertiary/aromatic N) is 1. The molecule has 1 fully saturated rings. The molecule has 0 spiro atoms.